The van der Waals surface area contributed by atoms with Crippen LogP contribution < -0.4 is 21.7 Å². The molecule has 1 saturated heterocycles. The third kappa shape index (κ3) is 3.96. The number of amides is 1. The van der Waals surface area contributed by atoms with Crippen molar-refractivity contribution in [3.05, 3.63) is 45.6 Å². The van der Waals surface area contributed by atoms with E-state index in [0.29, 0.717) is 42.6 Å². The predicted molar refractivity (Wildman–Crippen MR) is 126 cm³/mol. The summed E-state index contributed by atoms with van der Waals surface area (Å²) in [5, 5.41) is 3.39. The number of nitrogen functional groups attached to an aromatic ring is 1. The maximum absolute atomic E-state index is 14.9. The molecular weight excluding hydrogens is 465 g/mol. The number of thiophene rings is 1. The number of aromatic nitrogens is 2. The molecule has 0 aromatic carbocycles. The van der Waals surface area contributed by atoms with Crippen LogP contribution in [0.4, 0.5) is 24.7 Å². The van der Waals surface area contributed by atoms with Gasteiger partial charge in [0, 0.05) is 42.2 Å². The third-order valence-corrected chi connectivity index (χ3v) is 7.82. The Bertz CT molecular complexity index is 1280. The lowest BCUT2D eigenvalue weighted by Gasteiger charge is -2.27. The monoisotopic (exact) mass is 490 g/mol. The number of nitrogens with two attached hydrogens (primary N) is 2. The Labute approximate surface area is 198 Å². The van der Waals surface area contributed by atoms with E-state index in [4.69, 9.17) is 11.5 Å². The minimum absolute atomic E-state index is 0.202. The second kappa shape index (κ2) is 8.70. The van der Waals surface area contributed by atoms with Gasteiger partial charge < -0.3 is 21.7 Å². The molecule has 1 fully saturated rings. The Kier molecular flexibility index (Phi) is 5.85. The molecule has 11 heteroatoms. The Balaban J connectivity index is 1.32. The number of nitrogens with zero attached hydrogens (tertiary/aromatic N) is 3. The number of pyridine rings is 2. The first kappa shape index (κ1) is 22.9. The lowest BCUT2D eigenvalue weighted by atomic mass is 9.91. The Hall–Kier alpha value is -2.92. The molecule has 3 atom stereocenters. The van der Waals surface area contributed by atoms with Gasteiger partial charge in [0.1, 0.15) is 15.5 Å². The molecule has 0 spiro atoms. The Morgan fingerprint density at radius 2 is 2.06 bits per heavy atom. The molecule has 1 amide bonds. The van der Waals surface area contributed by atoms with Crippen LogP contribution in [0, 0.1) is 24.5 Å². The van der Waals surface area contributed by atoms with Crippen LogP contribution in [0.1, 0.15) is 33.0 Å². The summed E-state index contributed by atoms with van der Waals surface area (Å²) < 4.78 is 41.9. The van der Waals surface area contributed by atoms with E-state index in [-0.39, 0.29) is 46.0 Å². The molecule has 0 bridgehead atoms. The normalized spacial score (nSPS) is 22.3. The van der Waals surface area contributed by atoms with E-state index in [1.165, 1.54) is 12.1 Å². The second-order valence-electron chi connectivity index (χ2n) is 9.05. The molecule has 0 saturated carbocycles. The van der Waals surface area contributed by atoms with Crippen LogP contribution >= 0.6 is 11.3 Å². The van der Waals surface area contributed by atoms with Crippen molar-refractivity contribution in [2.24, 2.45) is 11.7 Å². The minimum atomic E-state index is -0.541. The molecule has 1 aliphatic heterocycles. The molecule has 3 unspecified atom stereocenters. The van der Waals surface area contributed by atoms with Crippen LogP contribution in [-0.4, -0.2) is 47.7 Å². The molecule has 34 heavy (non-hydrogen) atoms. The third-order valence-electron chi connectivity index (χ3n) is 6.70. The van der Waals surface area contributed by atoms with Crippen LogP contribution in [0.15, 0.2) is 12.1 Å². The van der Waals surface area contributed by atoms with Gasteiger partial charge in [0.25, 0.3) is 5.91 Å². The average molecular weight is 491 g/mol. The van der Waals surface area contributed by atoms with Crippen molar-refractivity contribution in [1.82, 2.24) is 15.3 Å². The highest BCUT2D eigenvalue weighted by molar-refractivity contribution is 7.21. The molecule has 1 aliphatic carbocycles. The molecule has 2 aliphatic rings. The van der Waals surface area contributed by atoms with Gasteiger partial charge in [0.05, 0.1) is 18.1 Å². The van der Waals surface area contributed by atoms with E-state index in [2.05, 4.69) is 15.3 Å². The van der Waals surface area contributed by atoms with E-state index in [0.717, 1.165) is 22.6 Å². The number of aryl methyl sites for hydroxylation is 2. The van der Waals surface area contributed by atoms with E-state index >= 15 is 0 Å². The second-order valence-corrected chi connectivity index (χ2v) is 10.0. The zero-order valence-corrected chi connectivity index (χ0v) is 19.4. The van der Waals surface area contributed by atoms with E-state index in [9.17, 15) is 18.0 Å². The van der Waals surface area contributed by atoms with Gasteiger partial charge in [-0.3, -0.25) is 9.18 Å². The molecule has 180 valence electrons. The highest BCUT2D eigenvalue weighted by Gasteiger charge is 2.33. The topological polar surface area (TPSA) is 110 Å². The zero-order valence-electron chi connectivity index (χ0n) is 18.6. The number of rotatable bonds is 4. The number of alkyl halides is 1. The summed E-state index contributed by atoms with van der Waals surface area (Å²) in [5.41, 5.74) is 14.0. The van der Waals surface area contributed by atoms with Crippen molar-refractivity contribution in [1.29, 1.82) is 0 Å². The fourth-order valence-electron chi connectivity index (χ4n) is 4.73. The fourth-order valence-corrected chi connectivity index (χ4v) is 5.75. The van der Waals surface area contributed by atoms with Crippen molar-refractivity contribution in [2.45, 2.75) is 38.3 Å². The summed E-state index contributed by atoms with van der Waals surface area (Å²) in [7, 11) is 0. The maximum Gasteiger partial charge on any atom is 0.263 e. The first-order chi connectivity index (χ1) is 16.2. The molecule has 7 nitrogen and oxygen atoms in total. The SMILES string of the molecule is Cc1nc2sc(C(=O)NC3CCc4nc(N5CC(N)C(CF)C5)c(F)cc4C3)c(N)c2cc1F. The Morgan fingerprint density at radius 1 is 1.26 bits per heavy atom. The van der Waals surface area contributed by atoms with Crippen LogP contribution in [0.5, 0.6) is 0 Å². The van der Waals surface area contributed by atoms with Gasteiger partial charge in [-0.1, -0.05) is 0 Å². The Morgan fingerprint density at radius 3 is 2.79 bits per heavy atom. The number of hydrogen-bond acceptors (Lipinski definition) is 7. The minimum Gasteiger partial charge on any atom is -0.397 e. The molecule has 3 aromatic heterocycles. The van der Waals surface area contributed by atoms with Crippen molar-refractivity contribution in [3.63, 3.8) is 0 Å². The number of hydrogen-bond donors (Lipinski definition) is 3. The van der Waals surface area contributed by atoms with Gasteiger partial charge in [-0.05, 0) is 43.9 Å². The number of fused-ring (bicyclic) bond motifs is 2. The fraction of sp³-hybridized carbons (Fsp3) is 0.435. The van der Waals surface area contributed by atoms with E-state index in [1.807, 2.05) is 0 Å². The van der Waals surface area contributed by atoms with Gasteiger partial charge in [-0.15, -0.1) is 11.3 Å². The summed E-state index contributed by atoms with van der Waals surface area (Å²) in [6.07, 6.45) is 1.61. The number of anilines is 2. The van der Waals surface area contributed by atoms with Crippen molar-refractivity contribution in [2.75, 3.05) is 30.4 Å². The predicted octanol–water partition coefficient (Wildman–Crippen LogP) is 2.88. The van der Waals surface area contributed by atoms with Gasteiger partial charge in [0.15, 0.2) is 11.6 Å². The molecular formula is C23H25F3N6OS. The van der Waals surface area contributed by atoms with Gasteiger partial charge >= 0.3 is 0 Å². The maximum atomic E-state index is 14.9. The number of carbonyl (C=O) groups is 1. The van der Waals surface area contributed by atoms with Gasteiger partial charge in [-0.2, -0.15) is 0 Å². The number of nitrogens with one attached hydrogen (secondary N) is 1. The quantitative estimate of drug-likeness (QED) is 0.519. The molecule has 0 radical (unpaired) electrons. The van der Waals surface area contributed by atoms with Crippen molar-refractivity contribution < 1.29 is 18.0 Å². The highest BCUT2D eigenvalue weighted by Crippen LogP contribution is 2.34. The molecule has 5 N–H and O–H groups in total. The summed E-state index contributed by atoms with van der Waals surface area (Å²) in [6.45, 7) is 1.72. The molecule has 5 rings (SSSR count). The standard InChI is InChI=1S/C23H25F3N6OS/c1-10-15(25)6-14-19(28)20(34-23(14)29-10)22(33)30-13-2-3-18-11(4-13)5-16(26)21(31-18)32-8-12(7-24)17(27)9-32/h5-6,12-13,17H,2-4,7-9,27-28H2,1H3,(H,30,33). The van der Waals surface area contributed by atoms with Crippen molar-refractivity contribution >= 4 is 39.0 Å². The number of carbonyl (C=O) groups excluding carboxylic acids is 1. The number of halogens is 3. The first-order valence-electron chi connectivity index (χ1n) is 11.2. The van der Waals surface area contributed by atoms with Crippen LogP contribution in [0.25, 0.3) is 10.2 Å². The largest absolute Gasteiger partial charge is 0.397 e. The van der Waals surface area contributed by atoms with Crippen LogP contribution in [-0.2, 0) is 12.8 Å². The van der Waals surface area contributed by atoms with Crippen molar-refractivity contribution in [3.8, 4) is 0 Å². The molecule has 4 heterocycles. The summed E-state index contributed by atoms with van der Waals surface area (Å²) in [5.74, 6) is -1.43. The van der Waals surface area contributed by atoms with E-state index in [1.54, 1.807) is 11.8 Å². The van der Waals surface area contributed by atoms with Crippen LogP contribution in [0.3, 0.4) is 0 Å². The van der Waals surface area contributed by atoms with E-state index < -0.39 is 18.3 Å². The van der Waals surface area contributed by atoms with Gasteiger partial charge in [-0.25, -0.2) is 18.7 Å². The summed E-state index contributed by atoms with van der Waals surface area (Å²) in [4.78, 5) is 24.1. The first-order valence-corrected chi connectivity index (χ1v) is 12.0. The van der Waals surface area contributed by atoms with Crippen LogP contribution in [0.2, 0.25) is 0 Å². The zero-order chi connectivity index (χ0) is 24.1. The van der Waals surface area contributed by atoms with Gasteiger partial charge in [0.2, 0.25) is 0 Å². The lowest BCUT2D eigenvalue weighted by molar-refractivity contribution is 0.0938. The average Bonchev–Trinajstić information content (AvgIpc) is 3.33. The molecule has 3 aromatic rings. The summed E-state index contributed by atoms with van der Waals surface area (Å²) >= 11 is 1.12. The highest BCUT2D eigenvalue weighted by atomic mass is 32.1. The smallest absolute Gasteiger partial charge is 0.263 e. The lowest BCUT2D eigenvalue weighted by Crippen LogP contribution is -2.39. The summed E-state index contributed by atoms with van der Waals surface area (Å²) in [6, 6.07) is 2.18.